The SMILES string of the molecule is O=C(O)C=Cc1ccccc1CSc1ccncn1. The van der Waals surface area contributed by atoms with Crippen molar-refractivity contribution in [3.8, 4) is 0 Å². The minimum absolute atomic E-state index is 0.733. The Bertz CT molecular complexity index is 585. The highest BCUT2D eigenvalue weighted by Gasteiger charge is 2.01. The maximum Gasteiger partial charge on any atom is 0.328 e. The van der Waals surface area contributed by atoms with Gasteiger partial charge in [0, 0.05) is 18.0 Å². The molecular formula is C14H12N2O2S. The van der Waals surface area contributed by atoms with E-state index in [9.17, 15) is 4.79 Å². The summed E-state index contributed by atoms with van der Waals surface area (Å²) in [5, 5.41) is 9.56. The Balaban J connectivity index is 2.10. The van der Waals surface area contributed by atoms with Crippen molar-refractivity contribution in [2.45, 2.75) is 10.8 Å². The molecule has 0 bridgehead atoms. The van der Waals surface area contributed by atoms with E-state index in [0.717, 1.165) is 28.0 Å². The zero-order chi connectivity index (χ0) is 13.5. The van der Waals surface area contributed by atoms with Crippen molar-refractivity contribution >= 4 is 23.8 Å². The van der Waals surface area contributed by atoms with E-state index >= 15 is 0 Å². The molecule has 0 saturated carbocycles. The van der Waals surface area contributed by atoms with Crippen LogP contribution in [-0.4, -0.2) is 21.0 Å². The summed E-state index contributed by atoms with van der Waals surface area (Å²) in [4.78, 5) is 18.6. The Morgan fingerprint density at radius 3 is 2.89 bits per heavy atom. The van der Waals surface area contributed by atoms with Crippen LogP contribution in [0.1, 0.15) is 11.1 Å². The summed E-state index contributed by atoms with van der Waals surface area (Å²) in [6.45, 7) is 0. The zero-order valence-electron chi connectivity index (χ0n) is 10.1. The van der Waals surface area contributed by atoms with Gasteiger partial charge in [-0.25, -0.2) is 14.8 Å². The second-order valence-electron chi connectivity index (χ2n) is 3.71. The Morgan fingerprint density at radius 2 is 2.16 bits per heavy atom. The molecule has 2 aromatic rings. The molecule has 0 fully saturated rings. The molecule has 0 unspecified atom stereocenters. The monoisotopic (exact) mass is 272 g/mol. The van der Waals surface area contributed by atoms with E-state index in [4.69, 9.17) is 5.11 Å². The summed E-state index contributed by atoms with van der Waals surface area (Å²) in [6.07, 6.45) is 5.97. The molecule has 0 spiro atoms. The molecule has 19 heavy (non-hydrogen) atoms. The van der Waals surface area contributed by atoms with Crippen molar-refractivity contribution < 1.29 is 9.90 Å². The van der Waals surface area contributed by atoms with Gasteiger partial charge in [0.05, 0.1) is 5.03 Å². The maximum atomic E-state index is 10.6. The van der Waals surface area contributed by atoms with Crippen LogP contribution < -0.4 is 0 Å². The van der Waals surface area contributed by atoms with Gasteiger partial charge in [0.25, 0.3) is 0 Å². The number of aliphatic carboxylic acids is 1. The lowest BCUT2D eigenvalue weighted by molar-refractivity contribution is -0.131. The van der Waals surface area contributed by atoms with Crippen LogP contribution in [0.3, 0.4) is 0 Å². The van der Waals surface area contributed by atoms with E-state index in [0.29, 0.717) is 0 Å². The summed E-state index contributed by atoms with van der Waals surface area (Å²) >= 11 is 1.59. The van der Waals surface area contributed by atoms with Gasteiger partial charge >= 0.3 is 5.97 Å². The van der Waals surface area contributed by atoms with Gasteiger partial charge in [-0.3, -0.25) is 0 Å². The molecule has 1 N–H and O–H groups in total. The summed E-state index contributed by atoms with van der Waals surface area (Å²) in [5.74, 6) is -0.213. The lowest BCUT2D eigenvalue weighted by Crippen LogP contribution is -1.90. The highest BCUT2D eigenvalue weighted by atomic mass is 32.2. The van der Waals surface area contributed by atoms with Crippen LogP contribution in [0.15, 0.2) is 54.0 Å². The molecule has 4 nitrogen and oxygen atoms in total. The fraction of sp³-hybridized carbons (Fsp3) is 0.0714. The molecule has 96 valence electrons. The number of benzene rings is 1. The highest BCUT2D eigenvalue weighted by Crippen LogP contribution is 2.22. The number of carbonyl (C=O) groups is 1. The Labute approximate surface area is 115 Å². The fourth-order valence-electron chi connectivity index (χ4n) is 1.50. The van der Waals surface area contributed by atoms with E-state index in [1.165, 1.54) is 6.33 Å². The van der Waals surface area contributed by atoms with E-state index in [-0.39, 0.29) is 0 Å². The molecule has 1 aromatic heterocycles. The van der Waals surface area contributed by atoms with Crippen LogP contribution in [0.4, 0.5) is 0 Å². The molecule has 0 radical (unpaired) electrons. The first kappa shape index (κ1) is 13.3. The van der Waals surface area contributed by atoms with Gasteiger partial charge in [-0.1, -0.05) is 24.3 Å². The van der Waals surface area contributed by atoms with Crippen molar-refractivity contribution in [3.63, 3.8) is 0 Å². The predicted molar refractivity (Wildman–Crippen MR) is 74.7 cm³/mol. The number of aromatic nitrogens is 2. The van der Waals surface area contributed by atoms with Gasteiger partial charge in [-0.05, 0) is 23.3 Å². The summed E-state index contributed by atoms with van der Waals surface area (Å²) in [6, 6.07) is 9.56. The molecule has 0 amide bonds. The number of carboxylic acid groups (broad SMARTS) is 1. The zero-order valence-corrected chi connectivity index (χ0v) is 10.9. The summed E-state index contributed by atoms with van der Waals surface area (Å²) in [5.41, 5.74) is 1.98. The van der Waals surface area contributed by atoms with Crippen LogP contribution in [0.2, 0.25) is 0 Å². The molecule has 1 heterocycles. The van der Waals surface area contributed by atoms with E-state index in [2.05, 4.69) is 9.97 Å². The molecule has 0 atom stereocenters. The largest absolute Gasteiger partial charge is 0.478 e. The van der Waals surface area contributed by atoms with Crippen LogP contribution >= 0.6 is 11.8 Å². The predicted octanol–water partition coefficient (Wildman–Crippen LogP) is 2.87. The van der Waals surface area contributed by atoms with Gasteiger partial charge < -0.3 is 5.11 Å². The van der Waals surface area contributed by atoms with Crippen molar-refractivity contribution in [1.82, 2.24) is 9.97 Å². The molecule has 0 saturated heterocycles. The van der Waals surface area contributed by atoms with Gasteiger partial charge in [0.1, 0.15) is 6.33 Å². The van der Waals surface area contributed by atoms with Gasteiger partial charge in [0.15, 0.2) is 0 Å². The van der Waals surface area contributed by atoms with E-state index < -0.39 is 5.97 Å². The van der Waals surface area contributed by atoms with Crippen LogP contribution in [-0.2, 0) is 10.5 Å². The Morgan fingerprint density at radius 1 is 1.32 bits per heavy atom. The average Bonchev–Trinajstić information content (AvgIpc) is 2.45. The van der Waals surface area contributed by atoms with Crippen molar-refractivity contribution in [2.75, 3.05) is 0 Å². The van der Waals surface area contributed by atoms with Gasteiger partial charge in [-0.15, -0.1) is 11.8 Å². The normalized spacial score (nSPS) is 10.7. The summed E-state index contributed by atoms with van der Waals surface area (Å²) in [7, 11) is 0. The quantitative estimate of drug-likeness (QED) is 0.515. The number of hydrogen-bond acceptors (Lipinski definition) is 4. The van der Waals surface area contributed by atoms with Crippen LogP contribution in [0.25, 0.3) is 6.08 Å². The van der Waals surface area contributed by atoms with E-state index in [1.54, 1.807) is 24.0 Å². The second kappa shape index (κ2) is 6.70. The van der Waals surface area contributed by atoms with Gasteiger partial charge in [0.2, 0.25) is 0 Å². The number of rotatable bonds is 5. The second-order valence-corrected chi connectivity index (χ2v) is 4.70. The van der Waals surface area contributed by atoms with Crippen LogP contribution in [0, 0.1) is 0 Å². The van der Waals surface area contributed by atoms with Crippen molar-refractivity contribution in [1.29, 1.82) is 0 Å². The molecular weight excluding hydrogens is 260 g/mol. The molecule has 0 aliphatic rings. The number of nitrogens with zero attached hydrogens (tertiary/aromatic N) is 2. The number of carboxylic acids is 1. The minimum Gasteiger partial charge on any atom is -0.478 e. The third-order valence-corrected chi connectivity index (χ3v) is 3.38. The Kier molecular flexibility index (Phi) is 4.69. The third-order valence-electron chi connectivity index (χ3n) is 2.39. The van der Waals surface area contributed by atoms with E-state index in [1.807, 2.05) is 30.3 Å². The van der Waals surface area contributed by atoms with Crippen molar-refractivity contribution in [3.05, 3.63) is 60.1 Å². The topological polar surface area (TPSA) is 63.1 Å². The molecule has 0 aliphatic carbocycles. The molecule has 0 aliphatic heterocycles. The average molecular weight is 272 g/mol. The van der Waals surface area contributed by atoms with Crippen LogP contribution in [0.5, 0.6) is 0 Å². The standard InChI is InChI=1S/C14H12N2O2S/c17-14(18)6-5-11-3-1-2-4-12(11)9-19-13-7-8-15-10-16-13/h1-8,10H,9H2,(H,17,18). The minimum atomic E-state index is -0.946. The third kappa shape index (κ3) is 4.22. The lowest BCUT2D eigenvalue weighted by atomic mass is 10.1. The molecule has 1 aromatic carbocycles. The molecule has 2 rings (SSSR count). The number of thioether (sulfide) groups is 1. The Hall–Kier alpha value is -2.14. The fourth-order valence-corrected chi connectivity index (χ4v) is 2.35. The summed E-state index contributed by atoms with van der Waals surface area (Å²) < 4.78 is 0. The van der Waals surface area contributed by atoms with Gasteiger partial charge in [-0.2, -0.15) is 0 Å². The van der Waals surface area contributed by atoms with Crippen molar-refractivity contribution in [2.24, 2.45) is 0 Å². The molecule has 5 heteroatoms. The maximum absolute atomic E-state index is 10.6. The first-order valence-electron chi connectivity index (χ1n) is 5.63. The lowest BCUT2D eigenvalue weighted by Gasteiger charge is -2.05. The number of hydrogen-bond donors (Lipinski definition) is 1. The highest BCUT2D eigenvalue weighted by molar-refractivity contribution is 7.98. The first-order valence-corrected chi connectivity index (χ1v) is 6.62. The first-order chi connectivity index (χ1) is 9.25. The smallest absolute Gasteiger partial charge is 0.328 e.